The van der Waals surface area contributed by atoms with E-state index < -0.39 is 12.0 Å². The van der Waals surface area contributed by atoms with Crippen molar-refractivity contribution in [1.82, 2.24) is 5.32 Å². The fraction of sp³-hybridized carbons (Fsp3) is 0.562. The molecule has 0 radical (unpaired) electrons. The molecule has 0 aliphatic carbocycles. The zero-order valence-corrected chi connectivity index (χ0v) is 12.7. The van der Waals surface area contributed by atoms with Crippen LogP contribution in [0, 0.1) is 5.92 Å². The van der Waals surface area contributed by atoms with Crippen LogP contribution in [0.2, 0.25) is 0 Å². The summed E-state index contributed by atoms with van der Waals surface area (Å²) in [5, 5.41) is 12.4. The van der Waals surface area contributed by atoms with Gasteiger partial charge in [0.05, 0.1) is 7.11 Å². The van der Waals surface area contributed by atoms with Gasteiger partial charge in [-0.3, -0.25) is 4.79 Å². The van der Waals surface area contributed by atoms with E-state index in [1.807, 2.05) is 45.0 Å². The van der Waals surface area contributed by atoms with E-state index in [0.717, 1.165) is 17.7 Å². The van der Waals surface area contributed by atoms with E-state index in [0.29, 0.717) is 12.3 Å². The highest BCUT2D eigenvalue weighted by atomic mass is 16.5. The fourth-order valence-electron chi connectivity index (χ4n) is 2.32. The van der Waals surface area contributed by atoms with Crippen molar-refractivity contribution in [2.24, 2.45) is 5.92 Å². The zero-order chi connectivity index (χ0) is 15.1. The van der Waals surface area contributed by atoms with Gasteiger partial charge >= 0.3 is 5.97 Å². The van der Waals surface area contributed by atoms with Gasteiger partial charge < -0.3 is 15.2 Å². The van der Waals surface area contributed by atoms with Crippen LogP contribution in [-0.4, -0.2) is 30.3 Å². The lowest BCUT2D eigenvalue weighted by atomic mass is 10.0. The standard InChI is InChI=1S/C16H25NO3/c1-11(2)9-14(16(18)19)17-12(3)10-13-7-5-6-8-15(13)20-4/h5-8,11-12,14,17H,9-10H2,1-4H3,(H,18,19). The molecular weight excluding hydrogens is 254 g/mol. The van der Waals surface area contributed by atoms with E-state index in [1.54, 1.807) is 7.11 Å². The molecule has 2 atom stereocenters. The Morgan fingerprint density at radius 3 is 2.50 bits per heavy atom. The molecule has 0 aromatic heterocycles. The van der Waals surface area contributed by atoms with Gasteiger partial charge in [0.1, 0.15) is 11.8 Å². The van der Waals surface area contributed by atoms with Crippen molar-refractivity contribution in [3.05, 3.63) is 29.8 Å². The number of hydrogen-bond donors (Lipinski definition) is 2. The maximum Gasteiger partial charge on any atom is 0.320 e. The van der Waals surface area contributed by atoms with Crippen molar-refractivity contribution < 1.29 is 14.6 Å². The molecule has 1 rings (SSSR count). The van der Waals surface area contributed by atoms with Crippen LogP contribution in [0.25, 0.3) is 0 Å². The lowest BCUT2D eigenvalue weighted by molar-refractivity contribution is -0.140. The Hall–Kier alpha value is -1.55. The van der Waals surface area contributed by atoms with E-state index in [-0.39, 0.29) is 6.04 Å². The third kappa shape index (κ3) is 5.21. The summed E-state index contributed by atoms with van der Waals surface area (Å²) in [5.41, 5.74) is 1.09. The van der Waals surface area contributed by atoms with Crippen molar-refractivity contribution in [3.63, 3.8) is 0 Å². The molecule has 0 amide bonds. The Morgan fingerprint density at radius 1 is 1.30 bits per heavy atom. The SMILES string of the molecule is COc1ccccc1CC(C)NC(CC(C)C)C(=O)O. The Balaban J connectivity index is 2.65. The highest BCUT2D eigenvalue weighted by Gasteiger charge is 2.21. The minimum atomic E-state index is -0.787. The second-order valence-corrected chi connectivity index (χ2v) is 5.60. The van der Waals surface area contributed by atoms with Crippen molar-refractivity contribution >= 4 is 5.97 Å². The fourth-order valence-corrected chi connectivity index (χ4v) is 2.32. The molecular formula is C16H25NO3. The van der Waals surface area contributed by atoms with Crippen LogP contribution in [0.4, 0.5) is 0 Å². The third-order valence-electron chi connectivity index (χ3n) is 3.21. The first-order valence-electron chi connectivity index (χ1n) is 7.04. The topological polar surface area (TPSA) is 58.6 Å². The van der Waals surface area contributed by atoms with Gasteiger partial charge in [0.25, 0.3) is 0 Å². The third-order valence-corrected chi connectivity index (χ3v) is 3.21. The van der Waals surface area contributed by atoms with Gasteiger partial charge in [0, 0.05) is 6.04 Å². The first-order chi connectivity index (χ1) is 9.43. The van der Waals surface area contributed by atoms with Gasteiger partial charge in [-0.1, -0.05) is 32.0 Å². The van der Waals surface area contributed by atoms with Crippen molar-refractivity contribution in [1.29, 1.82) is 0 Å². The van der Waals surface area contributed by atoms with Gasteiger partial charge in [-0.25, -0.2) is 0 Å². The summed E-state index contributed by atoms with van der Waals surface area (Å²) in [6.45, 7) is 6.06. The number of benzene rings is 1. The molecule has 20 heavy (non-hydrogen) atoms. The second kappa shape index (κ2) is 7.90. The summed E-state index contributed by atoms with van der Waals surface area (Å²) in [6.07, 6.45) is 1.37. The van der Waals surface area contributed by atoms with E-state index >= 15 is 0 Å². The molecule has 1 aromatic rings. The van der Waals surface area contributed by atoms with E-state index in [2.05, 4.69) is 5.32 Å². The van der Waals surface area contributed by atoms with Crippen LogP contribution in [0.3, 0.4) is 0 Å². The van der Waals surface area contributed by atoms with Crippen LogP contribution in [-0.2, 0) is 11.2 Å². The quantitative estimate of drug-likeness (QED) is 0.768. The number of carboxylic acid groups (broad SMARTS) is 1. The molecule has 0 saturated carbocycles. The molecule has 2 unspecified atom stereocenters. The lowest BCUT2D eigenvalue weighted by Gasteiger charge is -2.22. The number of nitrogens with one attached hydrogen (secondary N) is 1. The molecule has 0 fully saturated rings. The predicted octanol–water partition coefficient (Wildman–Crippen LogP) is 2.72. The minimum Gasteiger partial charge on any atom is -0.496 e. The van der Waals surface area contributed by atoms with Crippen LogP contribution in [0.15, 0.2) is 24.3 Å². The second-order valence-electron chi connectivity index (χ2n) is 5.60. The van der Waals surface area contributed by atoms with Gasteiger partial charge in [-0.05, 0) is 37.3 Å². The summed E-state index contributed by atoms with van der Waals surface area (Å²) in [4.78, 5) is 11.3. The van der Waals surface area contributed by atoms with Crippen molar-refractivity contribution in [2.75, 3.05) is 7.11 Å². The molecule has 0 spiro atoms. The number of aliphatic carboxylic acids is 1. The van der Waals surface area contributed by atoms with Gasteiger partial charge in [0.15, 0.2) is 0 Å². The normalized spacial score (nSPS) is 14.1. The first kappa shape index (κ1) is 16.5. The average Bonchev–Trinajstić information content (AvgIpc) is 2.37. The molecule has 1 aromatic carbocycles. The molecule has 0 aliphatic rings. The monoisotopic (exact) mass is 279 g/mol. The van der Waals surface area contributed by atoms with E-state index in [9.17, 15) is 9.90 Å². The lowest BCUT2D eigenvalue weighted by Crippen LogP contribution is -2.43. The number of ether oxygens (including phenoxy) is 1. The number of para-hydroxylation sites is 1. The summed E-state index contributed by atoms with van der Waals surface area (Å²) in [6, 6.07) is 7.40. The average molecular weight is 279 g/mol. The van der Waals surface area contributed by atoms with Gasteiger partial charge in [-0.2, -0.15) is 0 Å². The van der Waals surface area contributed by atoms with Crippen LogP contribution >= 0.6 is 0 Å². The zero-order valence-electron chi connectivity index (χ0n) is 12.7. The maximum absolute atomic E-state index is 11.3. The number of carboxylic acids is 1. The Labute approximate surface area is 121 Å². The minimum absolute atomic E-state index is 0.0751. The maximum atomic E-state index is 11.3. The summed E-state index contributed by atoms with van der Waals surface area (Å²) >= 11 is 0. The molecule has 4 heteroatoms. The molecule has 4 nitrogen and oxygen atoms in total. The molecule has 0 aliphatic heterocycles. The number of rotatable bonds is 8. The Bertz CT molecular complexity index is 431. The Morgan fingerprint density at radius 2 is 1.95 bits per heavy atom. The van der Waals surface area contributed by atoms with Crippen molar-refractivity contribution in [3.8, 4) is 5.75 Å². The number of hydrogen-bond acceptors (Lipinski definition) is 3. The summed E-state index contributed by atoms with van der Waals surface area (Å²) in [5.74, 6) is 0.407. The molecule has 2 N–H and O–H groups in total. The Kier molecular flexibility index (Phi) is 6.52. The highest BCUT2D eigenvalue weighted by molar-refractivity contribution is 5.73. The van der Waals surface area contributed by atoms with Crippen LogP contribution in [0.5, 0.6) is 5.75 Å². The number of carbonyl (C=O) groups is 1. The largest absolute Gasteiger partial charge is 0.496 e. The van der Waals surface area contributed by atoms with E-state index in [4.69, 9.17) is 4.74 Å². The molecule has 0 heterocycles. The molecule has 0 bridgehead atoms. The molecule has 0 saturated heterocycles. The highest BCUT2D eigenvalue weighted by Crippen LogP contribution is 2.19. The molecule has 112 valence electrons. The summed E-state index contributed by atoms with van der Waals surface area (Å²) < 4.78 is 5.32. The summed E-state index contributed by atoms with van der Waals surface area (Å²) in [7, 11) is 1.65. The predicted molar refractivity (Wildman–Crippen MR) is 80.2 cm³/mol. The van der Waals surface area contributed by atoms with Gasteiger partial charge in [-0.15, -0.1) is 0 Å². The van der Waals surface area contributed by atoms with Gasteiger partial charge in [0.2, 0.25) is 0 Å². The van der Waals surface area contributed by atoms with Crippen LogP contribution in [0.1, 0.15) is 32.8 Å². The first-order valence-corrected chi connectivity index (χ1v) is 7.04. The van der Waals surface area contributed by atoms with Crippen molar-refractivity contribution in [2.45, 2.75) is 45.7 Å². The number of methoxy groups -OCH3 is 1. The van der Waals surface area contributed by atoms with E-state index in [1.165, 1.54) is 0 Å². The smallest absolute Gasteiger partial charge is 0.320 e. The van der Waals surface area contributed by atoms with Crippen LogP contribution < -0.4 is 10.1 Å².